The van der Waals surface area contributed by atoms with Crippen LogP contribution in [0, 0.1) is 11.8 Å². The van der Waals surface area contributed by atoms with Crippen LogP contribution >= 0.6 is 0 Å². The topological polar surface area (TPSA) is 28.4 Å². The molecule has 98 valence electrons. The first-order chi connectivity index (χ1) is 8.84. The summed E-state index contributed by atoms with van der Waals surface area (Å²) in [6, 6.07) is 3.54. The van der Waals surface area contributed by atoms with Crippen molar-refractivity contribution >= 4 is 0 Å². The van der Waals surface area contributed by atoms with Gasteiger partial charge < -0.3 is 9.73 Å². The van der Waals surface area contributed by atoms with Gasteiger partial charge in [0.15, 0.2) is 0 Å². The van der Waals surface area contributed by atoms with Gasteiger partial charge in [-0.25, -0.2) is 0 Å². The molecular weight excluding hydrogens is 224 g/mol. The van der Waals surface area contributed by atoms with Crippen molar-refractivity contribution < 1.29 is 4.42 Å². The van der Waals surface area contributed by atoms with Crippen LogP contribution in [0.15, 0.2) is 16.7 Å². The van der Waals surface area contributed by atoms with Gasteiger partial charge in [0.1, 0.15) is 5.76 Å². The molecule has 1 aromatic rings. The summed E-state index contributed by atoms with van der Waals surface area (Å²) in [4.78, 5) is 2.75. The lowest BCUT2D eigenvalue weighted by atomic mass is 9.91. The second kappa shape index (κ2) is 4.10. The van der Waals surface area contributed by atoms with Gasteiger partial charge in [0, 0.05) is 30.6 Å². The van der Waals surface area contributed by atoms with Crippen molar-refractivity contribution in [3.63, 3.8) is 0 Å². The van der Waals surface area contributed by atoms with E-state index in [-0.39, 0.29) is 0 Å². The fraction of sp³-hybridized carbons (Fsp3) is 0.733. The molecule has 2 fully saturated rings. The number of fused-ring (bicyclic) bond motifs is 2. The highest BCUT2D eigenvalue weighted by molar-refractivity contribution is 5.25. The standard InChI is InChI=1S/C15H22N2O/c1-10-13-8-16-7-11(13)9-17(10)14-3-2-4-15-12(14)5-6-18-15/h5-6,10-11,13-14,16H,2-4,7-9H2,1H3. The summed E-state index contributed by atoms with van der Waals surface area (Å²) < 4.78 is 5.64. The highest BCUT2D eigenvalue weighted by Gasteiger charge is 2.45. The monoisotopic (exact) mass is 246 g/mol. The Labute approximate surface area is 109 Å². The van der Waals surface area contributed by atoms with E-state index in [1.807, 2.05) is 6.26 Å². The molecule has 18 heavy (non-hydrogen) atoms. The molecule has 1 N–H and O–H groups in total. The molecule has 3 heteroatoms. The van der Waals surface area contributed by atoms with Crippen molar-refractivity contribution in [2.45, 2.75) is 38.3 Å². The number of nitrogens with zero attached hydrogens (tertiary/aromatic N) is 1. The van der Waals surface area contributed by atoms with E-state index < -0.39 is 0 Å². The molecule has 0 bridgehead atoms. The predicted octanol–water partition coefficient (Wildman–Crippen LogP) is 2.20. The maximum atomic E-state index is 5.64. The van der Waals surface area contributed by atoms with Gasteiger partial charge in [-0.2, -0.15) is 0 Å². The summed E-state index contributed by atoms with van der Waals surface area (Å²) in [5, 5.41) is 3.55. The van der Waals surface area contributed by atoms with Crippen LogP contribution < -0.4 is 5.32 Å². The first-order valence-electron chi connectivity index (χ1n) is 7.37. The van der Waals surface area contributed by atoms with Crippen LogP contribution in [-0.4, -0.2) is 30.6 Å². The number of nitrogens with one attached hydrogen (secondary N) is 1. The normalized spacial score (nSPS) is 39.8. The Balaban J connectivity index is 1.62. The maximum absolute atomic E-state index is 5.64. The summed E-state index contributed by atoms with van der Waals surface area (Å²) in [6.07, 6.45) is 5.60. The molecule has 4 unspecified atom stereocenters. The third-order valence-electron chi connectivity index (χ3n) is 5.40. The second-order valence-electron chi connectivity index (χ2n) is 6.23. The molecule has 3 aliphatic rings. The zero-order valence-electron chi connectivity index (χ0n) is 11.1. The minimum Gasteiger partial charge on any atom is -0.469 e. The minimum absolute atomic E-state index is 0.619. The number of likely N-dealkylation sites (tertiary alicyclic amines) is 1. The molecule has 3 nitrogen and oxygen atoms in total. The molecule has 0 amide bonds. The summed E-state index contributed by atoms with van der Waals surface area (Å²) in [7, 11) is 0. The van der Waals surface area contributed by atoms with E-state index in [0.717, 1.165) is 24.3 Å². The third kappa shape index (κ3) is 1.50. The second-order valence-corrected chi connectivity index (χ2v) is 6.23. The number of furan rings is 1. The van der Waals surface area contributed by atoms with E-state index in [2.05, 4.69) is 23.2 Å². The van der Waals surface area contributed by atoms with Crippen molar-refractivity contribution in [3.05, 3.63) is 23.7 Å². The Morgan fingerprint density at radius 2 is 2.33 bits per heavy atom. The van der Waals surface area contributed by atoms with Crippen LogP contribution in [0.5, 0.6) is 0 Å². The summed E-state index contributed by atoms with van der Waals surface area (Å²) in [5.74, 6) is 2.98. The smallest absolute Gasteiger partial charge is 0.108 e. The maximum Gasteiger partial charge on any atom is 0.108 e. The molecule has 2 aliphatic heterocycles. The van der Waals surface area contributed by atoms with Gasteiger partial charge >= 0.3 is 0 Å². The van der Waals surface area contributed by atoms with Gasteiger partial charge in [-0.3, -0.25) is 4.90 Å². The predicted molar refractivity (Wildman–Crippen MR) is 70.4 cm³/mol. The van der Waals surface area contributed by atoms with Crippen LogP contribution in [0.1, 0.15) is 37.1 Å². The first kappa shape index (κ1) is 11.1. The molecule has 4 rings (SSSR count). The van der Waals surface area contributed by atoms with E-state index in [1.54, 1.807) is 0 Å². The zero-order valence-corrected chi connectivity index (χ0v) is 11.1. The van der Waals surface area contributed by atoms with Gasteiger partial charge in [-0.05, 0) is 50.8 Å². The van der Waals surface area contributed by atoms with Gasteiger partial charge in [-0.15, -0.1) is 0 Å². The molecule has 3 heterocycles. The molecule has 0 aromatic carbocycles. The molecule has 1 aromatic heterocycles. The fourth-order valence-electron chi connectivity index (χ4n) is 4.42. The lowest BCUT2D eigenvalue weighted by Gasteiger charge is -2.35. The van der Waals surface area contributed by atoms with E-state index in [4.69, 9.17) is 4.42 Å². The van der Waals surface area contributed by atoms with Crippen molar-refractivity contribution in [2.24, 2.45) is 11.8 Å². The number of rotatable bonds is 1. The number of hydrogen-bond acceptors (Lipinski definition) is 3. The van der Waals surface area contributed by atoms with Crippen LogP contribution in [0.3, 0.4) is 0 Å². The SMILES string of the molecule is CC1C2CNCC2CN1C1CCCc2occc21. The zero-order chi connectivity index (χ0) is 12.1. The van der Waals surface area contributed by atoms with E-state index in [0.29, 0.717) is 6.04 Å². The Kier molecular flexibility index (Phi) is 2.52. The quantitative estimate of drug-likeness (QED) is 0.823. The van der Waals surface area contributed by atoms with Crippen molar-refractivity contribution in [3.8, 4) is 0 Å². The Morgan fingerprint density at radius 1 is 1.39 bits per heavy atom. The number of aryl methyl sites for hydroxylation is 1. The molecular formula is C15H22N2O. The number of hydrogen-bond donors (Lipinski definition) is 1. The highest BCUT2D eigenvalue weighted by atomic mass is 16.3. The van der Waals surface area contributed by atoms with Gasteiger partial charge in [-0.1, -0.05) is 0 Å². The Morgan fingerprint density at radius 3 is 3.22 bits per heavy atom. The van der Waals surface area contributed by atoms with Crippen LogP contribution in [-0.2, 0) is 6.42 Å². The van der Waals surface area contributed by atoms with Crippen LogP contribution in [0.2, 0.25) is 0 Å². The summed E-state index contributed by atoms with van der Waals surface area (Å²) >= 11 is 0. The van der Waals surface area contributed by atoms with E-state index in [1.165, 1.54) is 43.8 Å². The third-order valence-corrected chi connectivity index (χ3v) is 5.40. The lowest BCUT2D eigenvalue weighted by Crippen LogP contribution is -2.37. The summed E-state index contributed by atoms with van der Waals surface area (Å²) in [5.41, 5.74) is 1.47. The molecule has 1 aliphatic carbocycles. The van der Waals surface area contributed by atoms with Crippen molar-refractivity contribution in [1.29, 1.82) is 0 Å². The molecule has 2 saturated heterocycles. The van der Waals surface area contributed by atoms with E-state index in [9.17, 15) is 0 Å². The molecule has 4 atom stereocenters. The van der Waals surface area contributed by atoms with E-state index >= 15 is 0 Å². The Hall–Kier alpha value is -0.800. The minimum atomic E-state index is 0.619. The van der Waals surface area contributed by atoms with Gasteiger partial charge in [0.2, 0.25) is 0 Å². The average molecular weight is 246 g/mol. The Bertz CT molecular complexity index is 441. The van der Waals surface area contributed by atoms with Crippen molar-refractivity contribution in [2.75, 3.05) is 19.6 Å². The van der Waals surface area contributed by atoms with Crippen LogP contribution in [0.4, 0.5) is 0 Å². The average Bonchev–Trinajstić information content (AvgIpc) is 3.06. The first-order valence-corrected chi connectivity index (χ1v) is 7.37. The lowest BCUT2D eigenvalue weighted by molar-refractivity contribution is 0.151. The summed E-state index contributed by atoms with van der Waals surface area (Å²) in [6.45, 7) is 6.13. The largest absolute Gasteiger partial charge is 0.469 e. The highest BCUT2D eigenvalue weighted by Crippen LogP contribution is 2.42. The molecule has 0 saturated carbocycles. The van der Waals surface area contributed by atoms with Crippen molar-refractivity contribution in [1.82, 2.24) is 10.2 Å². The fourth-order valence-corrected chi connectivity index (χ4v) is 4.42. The van der Waals surface area contributed by atoms with Crippen LogP contribution in [0.25, 0.3) is 0 Å². The van der Waals surface area contributed by atoms with Gasteiger partial charge in [0.25, 0.3) is 0 Å². The molecule has 0 spiro atoms. The van der Waals surface area contributed by atoms with Gasteiger partial charge in [0.05, 0.1) is 6.26 Å². The molecule has 0 radical (unpaired) electrons.